The molecule has 1 aliphatic carbocycles. The van der Waals surface area contributed by atoms with E-state index in [0.717, 1.165) is 60.8 Å². The van der Waals surface area contributed by atoms with Gasteiger partial charge in [0.2, 0.25) is 5.95 Å². The molecule has 0 saturated carbocycles. The maximum absolute atomic E-state index is 5.39. The van der Waals surface area contributed by atoms with Gasteiger partial charge in [0.05, 0.1) is 22.1 Å². The Kier molecular flexibility index (Phi) is 7.20. The number of para-hydroxylation sites is 4. The van der Waals surface area contributed by atoms with E-state index >= 15 is 0 Å². The van der Waals surface area contributed by atoms with Crippen LogP contribution in [-0.4, -0.2) is 24.1 Å². The van der Waals surface area contributed by atoms with Crippen LogP contribution in [0.1, 0.15) is 25.0 Å². The van der Waals surface area contributed by atoms with Crippen LogP contribution in [0, 0.1) is 0 Å². The minimum absolute atomic E-state index is 0.0701. The summed E-state index contributed by atoms with van der Waals surface area (Å²) in [6.45, 7) is 4.66. The molecule has 3 aromatic heterocycles. The summed E-state index contributed by atoms with van der Waals surface area (Å²) >= 11 is 0. The summed E-state index contributed by atoms with van der Waals surface area (Å²) in [5, 5.41) is 4.74. The molecule has 1 aliphatic rings. The highest BCUT2D eigenvalue weighted by Crippen LogP contribution is 2.50. The van der Waals surface area contributed by atoms with Gasteiger partial charge >= 0.3 is 0 Å². The second-order valence-corrected chi connectivity index (χ2v) is 16.1. The first-order valence-electron chi connectivity index (χ1n) is 20.2. The fourth-order valence-corrected chi connectivity index (χ4v) is 9.64. The van der Waals surface area contributed by atoms with Gasteiger partial charge in [0.1, 0.15) is 0 Å². The van der Waals surface area contributed by atoms with Crippen molar-refractivity contribution in [3.8, 4) is 56.7 Å². The summed E-state index contributed by atoms with van der Waals surface area (Å²) < 4.78 is 4.59. The molecule has 0 bridgehead atoms. The second kappa shape index (κ2) is 12.7. The van der Waals surface area contributed by atoms with Crippen molar-refractivity contribution < 1.29 is 0 Å². The van der Waals surface area contributed by atoms with E-state index in [1.807, 2.05) is 18.2 Å². The smallest absolute Gasteiger partial charge is 0.238 e. The molecular formula is C54H37N5. The Labute approximate surface area is 341 Å². The molecule has 5 heteroatoms. The van der Waals surface area contributed by atoms with Crippen LogP contribution in [0.15, 0.2) is 188 Å². The Morgan fingerprint density at radius 2 is 0.915 bits per heavy atom. The topological polar surface area (TPSA) is 48.5 Å². The molecule has 0 spiro atoms. The molecule has 0 saturated heterocycles. The highest BCUT2D eigenvalue weighted by molar-refractivity contribution is 6.14. The van der Waals surface area contributed by atoms with E-state index < -0.39 is 0 Å². The normalized spacial score (nSPS) is 13.1. The lowest BCUT2D eigenvalue weighted by atomic mass is 9.82. The molecular weight excluding hydrogens is 719 g/mol. The van der Waals surface area contributed by atoms with Crippen LogP contribution in [0.3, 0.4) is 0 Å². The number of hydrogen-bond acceptors (Lipinski definition) is 3. The number of nitrogens with zero attached hydrogens (tertiary/aromatic N) is 5. The van der Waals surface area contributed by atoms with Crippen molar-refractivity contribution in [3.05, 3.63) is 199 Å². The summed E-state index contributed by atoms with van der Waals surface area (Å²) in [7, 11) is 0. The molecule has 3 heterocycles. The molecule has 0 amide bonds. The van der Waals surface area contributed by atoms with Crippen molar-refractivity contribution in [1.82, 2.24) is 24.1 Å². The second-order valence-electron chi connectivity index (χ2n) is 16.1. The van der Waals surface area contributed by atoms with Crippen molar-refractivity contribution in [2.45, 2.75) is 19.3 Å². The van der Waals surface area contributed by atoms with Gasteiger partial charge in [-0.25, -0.2) is 4.98 Å². The van der Waals surface area contributed by atoms with Crippen LogP contribution in [0.5, 0.6) is 0 Å². The molecule has 278 valence electrons. The molecule has 0 N–H and O–H groups in total. The summed E-state index contributed by atoms with van der Waals surface area (Å²) in [5.74, 6) is 1.80. The van der Waals surface area contributed by atoms with Gasteiger partial charge in [-0.3, -0.25) is 4.57 Å². The molecule has 8 aromatic carbocycles. The van der Waals surface area contributed by atoms with Gasteiger partial charge in [-0.15, -0.1) is 0 Å². The first kappa shape index (κ1) is 33.5. The third-order valence-corrected chi connectivity index (χ3v) is 12.4. The highest BCUT2D eigenvalue weighted by atomic mass is 15.2. The predicted octanol–water partition coefficient (Wildman–Crippen LogP) is 13.4. The fourth-order valence-electron chi connectivity index (χ4n) is 9.64. The zero-order valence-corrected chi connectivity index (χ0v) is 32.6. The first-order chi connectivity index (χ1) is 29.0. The van der Waals surface area contributed by atoms with Crippen molar-refractivity contribution in [2.24, 2.45) is 0 Å². The van der Waals surface area contributed by atoms with Gasteiger partial charge in [-0.05, 0) is 64.2 Å². The highest BCUT2D eigenvalue weighted by Gasteiger charge is 2.35. The zero-order valence-electron chi connectivity index (χ0n) is 32.6. The molecule has 0 fully saturated rings. The lowest BCUT2D eigenvalue weighted by Crippen LogP contribution is -2.14. The van der Waals surface area contributed by atoms with Crippen LogP contribution < -0.4 is 0 Å². The Hall–Kier alpha value is -7.63. The van der Waals surface area contributed by atoms with Crippen LogP contribution in [0.25, 0.3) is 100 Å². The van der Waals surface area contributed by atoms with Gasteiger partial charge in [-0.2, -0.15) is 9.97 Å². The molecule has 5 nitrogen and oxygen atoms in total. The summed E-state index contributed by atoms with van der Waals surface area (Å²) in [5.41, 5.74) is 14.8. The van der Waals surface area contributed by atoms with E-state index in [1.54, 1.807) is 0 Å². The van der Waals surface area contributed by atoms with Gasteiger partial charge in [0.15, 0.2) is 11.6 Å². The minimum atomic E-state index is -0.0701. The van der Waals surface area contributed by atoms with E-state index in [9.17, 15) is 0 Å². The van der Waals surface area contributed by atoms with Crippen molar-refractivity contribution in [3.63, 3.8) is 0 Å². The van der Waals surface area contributed by atoms with Crippen molar-refractivity contribution in [2.75, 3.05) is 0 Å². The number of rotatable bonds is 5. The molecule has 11 aromatic rings. The zero-order chi connectivity index (χ0) is 39.2. The summed E-state index contributed by atoms with van der Waals surface area (Å²) in [4.78, 5) is 15.9. The molecule has 59 heavy (non-hydrogen) atoms. The quantitative estimate of drug-likeness (QED) is 0.176. The largest absolute Gasteiger partial charge is 0.309 e. The van der Waals surface area contributed by atoms with Gasteiger partial charge in [0, 0.05) is 49.3 Å². The van der Waals surface area contributed by atoms with E-state index in [-0.39, 0.29) is 5.41 Å². The summed E-state index contributed by atoms with van der Waals surface area (Å²) in [6.07, 6.45) is 0. The average molecular weight is 756 g/mol. The number of fused-ring (bicyclic) bond motifs is 9. The molecule has 0 radical (unpaired) electrons. The molecule has 0 atom stereocenters. The van der Waals surface area contributed by atoms with E-state index in [0.29, 0.717) is 17.6 Å². The Balaban J connectivity index is 1.10. The van der Waals surface area contributed by atoms with E-state index in [2.05, 4.69) is 193 Å². The number of aromatic nitrogens is 5. The minimum Gasteiger partial charge on any atom is -0.309 e. The molecule has 0 unspecified atom stereocenters. The molecule has 0 aliphatic heterocycles. The number of hydrogen-bond donors (Lipinski definition) is 0. The fraction of sp³-hybridized carbons (Fsp3) is 0.0556. The van der Waals surface area contributed by atoms with Crippen LogP contribution in [0.2, 0.25) is 0 Å². The van der Waals surface area contributed by atoms with Gasteiger partial charge < -0.3 is 4.57 Å². The Morgan fingerprint density at radius 3 is 1.66 bits per heavy atom. The first-order valence-corrected chi connectivity index (χ1v) is 20.2. The number of benzene rings is 8. The maximum atomic E-state index is 5.39. The predicted molar refractivity (Wildman–Crippen MR) is 242 cm³/mol. The lowest BCUT2D eigenvalue weighted by Gasteiger charge is -2.21. The maximum Gasteiger partial charge on any atom is 0.238 e. The monoisotopic (exact) mass is 755 g/mol. The Morgan fingerprint density at radius 1 is 0.373 bits per heavy atom. The summed E-state index contributed by atoms with van der Waals surface area (Å²) in [6, 6.07) is 67.1. The van der Waals surface area contributed by atoms with Gasteiger partial charge in [0.25, 0.3) is 0 Å². The van der Waals surface area contributed by atoms with Crippen LogP contribution in [-0.2, 0) is 5.41 Å². The third kappa shape index (κ3) is 5.01. The van der Waals surface area contributed by atoms with Crippen molar-refractivity contribution in [1.29, 1.82) is 0 Å². The van der Waals surface area contributed by atoms with Gasteiger partial charge in [-0.1, -0.05) is 166 Å². The standard InChI is InChI=1S/C54H37N5/c1-54(2)45-26-10-6-20-39(45)44-33-35(30-31-46(44)54)38-24-15-25-43-42-23-9-13-29-49(42)59(50(38)43)53-56-51(34-16-4-3-5-17-34)55-52(57-53)36-18-14-19-37(32-36)58-47-27-11-7-21-40(47)41-22-8-12-28-48(41)58/h3-33H,1-2H3. The SMILES string of the molecule is CC1(C)c2ccccc2-c2cc(-c3cccc4c5ccccc5n(-c5nc(-c6ccccc6)nc(-c6cccc(-n7c8ccccc8c8ccccc87)c6)n5)c34)ccc21. The van der Waals surface area contributed by atoms with Crippen molar-refractivity contribution >= 4 is 43.6 Å². The van der Waals surface area contributed by atoms with E-state index in [1.165, 1.54) is 33.0 Å². The lowest BCUT2D eigenvalue weighted by molar-refractivity contribution is 0.660. The Bertz CT molecular complexity index is 3430. The average Bonchev–Trinajstić information content (AvgIpc) is 3.90. The third-order valence-electron chi connectivity index (χ3n) is 12.4. The van der Waals surface area contributed by atoms with Crippen LogP contribution >= 0.6 is 0 Å². The van der Waals surface area contributed by atoms with E-state index in [4.69, 9.17) is 15.0 Å². The molecule has 12 rings (SSSR count). The van der Waals surface area contributed by atoms with Crippen LogP contribution in [0.4, 0.5) is 0 Å².